The van der Waals surface area contributed by atoms with Gasteiger partial charge in [-0.25, -0.2) is 9.97 Å². The van der Waals surface area contributed by atoms with E-state index in [0.717, 1.165) is 11.3 Å². The summed E-state index contributed by atoms with van der Waals surface area (Å²) in [6.45, 7) is 4.17. The SMILES string of the molecule is CC1(C)O[C@@H]2[C@H](O1)[C@@H](CO)O[C@H]2n1cnc2c(NCc3ccccc3)cc(Cl)nc21. The highest BCUT2D eigenvalue weighted by Crippen LogP contribution is 2.44. The minimum Gasteiger partial charge on any atom is -0.394 e. The molecule has 0 bridgehead atoms. The van der Waals surface area contributed by atoms with Gasteiger partial charge in [0.1, 0.15) is 29.0 Å². The molecule has 2 aliphatic rings. The zero-order valence-corrected chi connectivity index (χ0v) is 17.4. The van der Waals surface area contributed by atoms with Gasteiger partial charge in [-0.15, -0.1) is 0 Å². The number of nitrogens with zero attached hydrogens (tertiary/aromatic N) is 3. The van der Waals surface area contributed by atoms with E-state index >= 15 is 0 Å². The van der Waals surface area contributed by atoms with E-state index in [2.05, 4.69) is 15.3 Å². The van der Waals surface area contributed by atoms with Crippen LogP contribution in [0.1, 0.15) is 25.6 Å². The molecule has 158 valence electrons. The second kappa shape index (κ2) is 7.47. The minimum absolute atomic E-state index is 0.165. The topological polar surface area (TPSA) is 90.7 Å². The van der Waals surface area contributed by atoms with Crippen LogP contribution in [0.2, 0.25) is 5.15 Å². The number of rotatable bonds is 5. The van der Waals surface area contributed by atoms with Crippen LogP contribution in [0.15, 0.2) is 42.7 Å². The molecule has 0 aliphatic carbocycles. The molecule has 2 aromatic heterocycles. The minimum atomic E-state index is -0.755. The Morgan fingerprint density at radius 2 is 1.97 bits per heavy atom. The van der Waals surface area contributed by atoms with Crippen LogP contribution >= 0.6 is 11.6 Å². The third-order valence-electron chi connectivity index (χ3n) is 5.40. The fourth-order valence-corrected chi connectivity index (χ4v) is 4.31. The molecule has 2 fully saturated rings. The van der Waals surface area contributed by atoms with Crippen molar-refractivity contribution < 1.29 is 19.3 Å². The molecule has 8 nitrogen and oxygen atoms in total. The van der Waals surface area contributed by atoms with Crippen LogP contribution in [-0.4, -0.2) is 50.3 Å². The monoisotopic (exact) mass is 430 g/mol. The number of aromatic nitrogens is 3. The third-order valence-corrected chi connectivity index (χ3v) is 5.60. The molecule has 0 spiro atoms. The largest absolute Gasteiger partial charge is 0.394 e. The van der Waals surface area contributed by atoms with Gasteiger partial charge < -0.3 is 24.6 Å². The maximum absolute atomic E-state index is 9.75. The number of benzene rings is 1. The van der Waals surface area contributed by atoms with Crippen LogP contribution in [0.3, 0.4) is 0 Å². The Labute approximate surface area is 178 Å². The molecular weight excluding hydrogens is 408 g/mol. The number of halogens is 1. The Balaban J connectivity index is 1.48. The lowest BCUT2D eigenvalue weighted by atomic mass is 10.1. The number of anilines is 1. The Morgan fingerprint density at radius 1 is 1.20 bits per heavy atom. The molecule has 1 aromatic carbocycles. The van der Waals surface area contributed by atoms with Gasteiger partial charge in [0.15, 0.2) is 17.7 Å². The quantitative estimate of drug-likeness (QED) is 0.601. The van der Waals surface area contributed by atoms with E-state index in [4.69, 9.17) is 25.8 Å². The van der Waals surface area contributed by atoms with Gasteiger partial charge in [-0.3, -0.25) is 4.57 Å². The van der Waals surface area contributed by atoms with E-state index in [1.807, 2.05) is 44.2 Å². The van der Waals surface area contributed by atoms with Crippen molar-refractivity contribution in [3.8, 4) is 0 Å². The van der Waals surface area contributed by atoms with Gasteiger partial charge in [-0.2, -0.15) is 0 Å². The number of nitrogens with one attached hydrogen (secondary N) is 1. The number of pyridine rings is 1. The maximum atomic E-state index is 9.75. The molecule has 0 amide bonds. The second-order valence-corrected chi connectivity index (χ2v) is 8.36. The summed E-state index contributed by atoms with van der Waals surface area (Å²) in [5, 5.41) is 13.5. The Morgan fingerprint density at radius 3 is 2.73 bits per heavy atom. The summed E-state index contributed by atoms with van der Waals surface area (Å²) in [5.74, 6) is -0.755. The summed E-state index contributed by atoms with van der Waals surface area (Å²) < 4.78 is 19.9. The van der Waals surface area contributed by atoms with Gasteiger partial charge in [-0.1, -0.05) is 41.9 Å². The number of hydrogen-bond donors (Lipinski definition) is 2. The lowest BCUT2D eigenvalue weighted by Crippen LogP contribution is -2.31. The lowest BCUT2D eigenvalue weighted by molar-refractivity contribution is -0.199. The Kier molecular flexibility index (Phi) is 4.91. The summed E-state index contributed by atoms with van der Waals surface area (Å²) >= 11 is 6.32. The van der Waals surface area contributed by atoms with Crippen molar-refractivity contribution in [1.82, 2.24) is 14.5 Å². The molecule has 0 saturated carbocycles. The van der Waals surface area contributed by atoms with Gasteiger partial charge >= 0.3 is 0 Å². The van der Waals surface area contributed by atoms with Crippen molar-refractivity contribution in [1.29, 1.82) is 0 Å². The molecule has 30 heavy (non-hydrogen) atoms. The third kappa shape index (κ3) is 3.44. The van der Waals surface area contributed by atoms with Crippen molar-refractivity contribution in [2.45, 2.75) is 50.7 Å². The Hall–Kier alpha value is -2.23. The molecule has 9 heteroatoms. The van der Waals surface area contributed by atoms with Crippen LogP contribution in [-0.2, 0) is 20.8 Å². The van der Waals surface area contributed by atoms with Gasteiger partial charge in [0.2, 0.25) is 0 Å². The molecule has 2 aliphatic heterocycles. The van der Waals surface area contributed by atoms with E-state index in [1.54, 1.807) is 17.0 Å². The van der Waals surface area contributed by atoms with E-state index in [1.165, 1.54) is 0 Å². The van der Waals surface area contributed by atoms with Gasteiger partial charge in [0.25, 0.3) is 0 Å². The standard InChI is InChI=1S/C21H23ClN4O4/c1-21(2)29-17-14(10-27)28-20(18(17)30-21)26-11-24-16-13(8-15(22)25-19(16)26)23-9-12-6-4-3-5-7-12/h3-8,11,14,17-18,20,27H,9-10H2,1-2H3,(H,23,25)/t14-,17-,18-,20-/m1/s1. The van der Waals surface area contributed by atoms with Crippen molar-refractivity contribution in [3.63, 3.8) is 0 Å². The zero-order chi connectivity index (χ0) is 20.9. The number of aliphatic hydroxyl groups is 1. The molecule has 3 aromatic rings. The number of ether oxygens (including phenoxy) is 3. The van der Waals surface area contributed by atoms with Gasteiger partial charge in [0.05, 0.1) is 18.6 Å². The number of fused-ring (bicyclic) bond motifs is 2. The van der Waals surface area contributed by atoms with Crippen LogP contribution in [0.5, 0.6) is 0 Å². The second-order valence-electron chi connectivity index (χ2n) is 7.97. The molecule has 4 heterocycles. The molecule has 0 radical (unpaired) electrons. The molecule has 2 N–H and O–H groups in total. The van der Waals surface area contributed by atoms with Crippen LogP contribution in [0.4, 0.5) is 5.69 Å². The summed E-state index contributed by atoms with van der Waals surface area (Å²) in [6.07, 6.45) is -0.128. The fraction of sp³-hybridized carbons (Fsp3) is 0.429. The van der Waals surface area contributed by atoms with Gasteiger partial charge in [0, 0.05) is 12.6 Å². The lowest BCUT2D eigenvalue weighted by Gasteiger charge is -2.24. The summed E-state index contributed by atoms with van der Waals surface area (Å²) in [6, 6.07) is 11.8. The zero-order valence-electron chi connectivity index (χ0n) is 16.7. The van der Waals surface area contributed by atoms with Crippen molar-refractivity contribution in [3.05, 3.63) is 53.4 Å². The first-order valence-corrected chi connectivity index (χ1v) is 10.3. The first-order valence-electron chi connectivity index (χ1n) is 9.88. The molecule has 4 atom stereocenters. The normalized spacial score (nSPS) is 27.5. The van der Waals surface area contributed by atoms with E-state index in [9.17, 15) is 5.11 Å². The van der Waals surface area contributed by atoms with Crippen molar-refractivity contribution in [2.75, 3.05) is 11.9 Å². The number of imidazole rings is 1. The Bertz CT molecular complexity index is 1060. The average Bonchev–Trinajstić information content (AvgIpc) is 3.37. The predicted molar refractivity (Wildman–Crippen MR) is 111 cm³/mol. The van der Waals surface area contributed by atoms with Crippen molar-refractivity contribution in [2.24, 2.45) is 0 Å². The van der Waals surface area contributed by atoms with Crippen LogP contribution < -0.4 is 5.32 Å². The van der Waals surface area contributed by atoms with Gasteiger partial charge in [-0.05, 0) is 19.4 Å². The van der Waals surface area contributed by atoms with Crippen molar-refractivity contribution >= 4 is 28.5 Å². The first kappa shape index (κ1) is 19.7. The maximum Gasteiger partial charge on any atom is 0.166 e. The fourth-order valence-electron chi connectivity index (χ4n) is 4.12. The highest BCUT2D eigenvalue weighted by atomic mass is 35.5. The highest BCUT2D eigenvalue weighted by Gasteiger charge is 2.56. The number of hydrogen-bond acceptors (Lipinski definition) is 7. The first-order chi connectivity index (χ1) is 14.4. The number of aliphatic hydroxyl groups excluding tert-OH is 1. The summed E-state index contributed by atoms with van der Waals surface area (Å²) in [7, 11) is 0. The van der Waals surface area contributed by atoms with E-state index < -0.39 is 24.2 Å². The van der Waals surface area contributed by atoms with Crippen LogP contribution in [0, 0.1) is 0 Å². The molecule has 0 unspecified atom stereocenters. The van der Waals surface area contributed by atoms with E-state index in [0.29, 0.717) is 22.9 Å². The predicted octanol–water partition coefficient (Wildman–Crippen LogP) is 3.11. The average molecular weight is 431 g/mol. The molecule has 5 rings (SSSR count). The smallest absolute Gasteiger partial charge is 0.166 e. The summed E-state index contributed by atoms with van der Waals surface area (Å²) in [5.41, 5.74) is 3.18. The molecule has 2 saturated heterocycles. The van der Waals surface area contributed by atoms with E-state index in [-0.39, 0.29) is 12.7 Å². The highest BCUT2D eigenvalue weighted by molar-refractivity contribution is 6.30. The molecular formula is C21H23ClN4O4. The van der Waals surface area contributed by atoms with Crippen LogP contribution in [0.25, 0.3) is 11.2 Å². The summed E-state index contributed by atoms with van der Waals surface area (Å²) in [4.78, 5) is 9.04.